The third-order valence-corrected chi connectivity index (χ3v) is 3.05. The van der Waals surface area contributed by atoms with Crippen molar-refractivity contribution in [2.24, 2.45) is 0 Å². The first-order valence-corrected chi connectivity index (χ1v) is 7.42. The highest BCUT2D eigenvalue weighted by molar-refractivity contribution is 5.85. The van der Waals surface area contributed by atoms with Gasteiger partial charge in [0.15, 0.2) is 11.5 Å². The summed E-state index contributed by atoms with van der Waals surface area (Å²) in [4.78, 5) is 4.10. The van der Waals surface area contributed by atoms with Gasteiger partial charge in [-0.3, -0.25) is 4.98 Å². The summed E-state index contributed by atoms with van der Waals surface area (Å²) < 4.78 is 11.2. The van der Waals surface area contributed by atoms with Crippen LogP contribution in [0.15, 0.2) is 55.4 Å². The van der Waals surface area contributed by atoms with Gasteiger partial charge in [-0.15, -0.1) is 12.4 Å². The van der Waals surface area contributed by atoms with Crippen molar-refractivity contribution in [2.45, 2.75) is 20.0 Å². The zero-order valence-corrected chi connectivity index (χ0v) is 14.1. The summed E-state index contributed by atoms with van der Waals surface area (Å²) in [6, 6.07) is 9.98. The topological polar surface area (TPSA) is 43.4 Å². The van der Waals surface area contributed by atoms with Crippen LogP contribution in [0.3, 0.4) is 0 Å². The highest BCUT2D eigenvalue weighted by Crippen LogP contribution is 2.28. The molecule has 0 amide bonds. The van der Waals surface area contributed by atoms with Crippen LogP contribution in [0.25, 0.3) is 0 Å². The van der Waals surface area contributed by atoms with E-state index in [1.807, 2.05) is 37.4 Å². The van der Waals surface area contributed by atoms with Crippen LogP contribution in [0.1, 0.15) is 18.1 Å². The minimum absolute atomic E-state index is 0. The number of pyridine rings is 1. The Labute approximate surface area is 144 Å². The number of nitrogens with zero attached hydrogens (tertiary/aromatic N) is 1. The van der Waals surface area contributed by atoms with Gasteiger partial charge < -0.3 is 14.8 Å². The van der Waals surface area contributed by atoms with Gasteiger partial charge in [0.1, 0.15) is 6.61 Å². The molecular weight excluding hydrogens is 312 g/mol. The third-order valence-electron chi connectivity index (χ3n) is 3.05. The second-order valence-electron chi connectivity index (χ2n) is 4.78. The number of aromatic nitrogens is 1. The second kappa shape index (κ2) is 10.6. The summed E-state index contributed by atoms with van der Waals surface area (Å²) in [5, 5.41) is 3.40. The molecule has 0 atom stereocenters. The third kappa shape index (κ3) is 6.30. The Balaban J connectivity index is 0.00000264. The fourth-order valence-corrected chi connectivity index (χ4v) is 2.05. The quantitative estimate of drug-likeness (QED) is 0.709. The van der Waals surface area contributed by atoms with Crippen molar-refractivity contribution < 1.29 is 9.47 Å². The molecule has 4 nitrogen and oxygen atoms in total. The average molecular weight is 335 g/mol. The van der Waals surface area contributed by atoms with Gasteiger partial charge in [-0.25, -0.2) is 0 Å². The Hall–Kier alpha value is -2.04. The number of benzene rings is 1. The van der Waals surface area contributed by atoms with Gasteiger partial charge >= 0.3 is 0 Å². The predicted molar refractivity (Wildman–Crippen MR) is 95.3 cm³/mol. The van der Waals surface area contributed by atoms with E-state index < -0.39 is 0 Å². The summed E-state index contributed by atoms with van der Waals surface area (Å²) in [5.41, 5.74) is 2.32. The first kappa shape index (κ1) is 19.0. The number of hydrogen-bond donors (Lipinski definition) is 1. The molecule has 0 aliphatic carbocycles. The molecule has 1 heterocycles. The van der Waals surface area contributed by atoms with Crippen molar-refractivity contribution in [1.82, 2.24) is 10.3 Å². The summed E-state index contributed by atoms with van der Waals surface area (Å²) >= 11 is 0. The van der Waals surface area contributed by atoms with Crippen molar-refractivity contribution in [1.29, 1.82) is 0 Å². The molecule has 1 N–H and O–H groups in total. The standard InChI is InChI=1S/C18H22N2O2.ClH/c1-3-10-22-17-8-7-15(11-18(17)21-4-2)12-20-14-16-6-5-9-19-13-16;/h3,5-9,11,13,20H,1,4,10,12,14H2,2H3;1H. The van der Waals surface area contributed by atoms with E-state index in [0.29, 0.717) is 13.2 Å². The Morgan fingerprint density at radius 2 is 1.96 bits per heavy atom. The molecule has 5 heteroatoms. The minimum Gasteiger partial charge on any atom is -0.490 e. The molecule has 0 radical (unpaired) electrons. The van der Waals surface area contributed by atoms with Crippen LogP contribution in [0.5, 0.6) is 11.5 Å². The smallest absolute Gasteiger partial charge is 0.161 e. The largest absolute Gasteiger partial charge is 0.490 e. The lowest BCUT2D eigenvalue weighted by molar-refractivity contribution is 0.296. The van der Waals surface area contributed by atoms with Gasteiger partial charge in [0.05, 0.1) is 6.61 Å². The van der Waals surface area contributed by atoms with Crippen molar-refractivity contribution in [3.63, 3.8) is 0 Å². The molecule has 1 aromatic heterocycles. The van der Waals surface area contributed by atoms with Gasteiger partial charge in [0, 0.05) is 25.5 Å². The number of ether oxygens (including phenoxy) is 2. The molecule has 0 fully saturated rings. The lowest BCUT2D eigenvalue weighted by Crippen LogP contribution is -2.13. The Kier molecular flexibility index (Phi) is 8.80. The zero-order valence-electron chi connectivity index (χ0n) is 13.3. The van der Waals surface area contributed by atoms with E-state index in [2.05, 4.69) is 22.9 Å². The van der Waals surface area contributed by atoms with Gasteiger partial charge in [-0.1, -0.05) is 24.8 Å². The highest BCUT2D eigenvalue weighted by Gasteiger charge is 2.06. The number of hydrogen-bond acceptors (Lipinski definition) is 4. The first-order valence-electron chi connectivity index (χ1n) is 7.42. The van der Waals surface area contributed by atoms with Gasteiger partial charge in [0.25, 0.3) is 0 Å². The van der Waals surface area contributed by atoms with Crippen LogP contribution in [-0.2, 0) is 13.1 Å². The van der Waals surface area contributed by atoms with Crippen molar-refractivity contribution in [2.75, 3.05) is 13.2 Å². The van der Waals surface area contributed by atoms with Crippen LogP contribution in [0, 0.1) is 0 Å². The maximum absolute atomic E-state index is 5.64. The molecular formula is C18H23ClN2O2. The molecule has 2 aromatic rings. The SMILES string of the molecule is C=CCOc1ccc(CNCc2cccnc2)cc1OCC.Cl. The Morgan fingerprint density at radius 1 is 1.13 bits per heavy atom. The van der Waals surface area contributed by atoms with Crippen molar-refractivity contribution in [3.05, 3.63) is 66.5 Å². The van der Waals surface area contributed by atoms with Crippen LogP contribution < -0.4 is 14.8 Å². The highest BCUT2D eigenvalue weighted by atomic mass is 35.5. The molecule has 0 unspecified atom stereocenters. The zero-order chi connectivity index (χ0) is 15.6. The van der Waals surface area contributed by atoms with Crippen LogP contribution in [0.2, 0.25) is 0 Å². The molecule has 124 valence electrons. The molecule has 2 rings (SSSR count). The van der Waals surface area contributed by atoms with Crippen molar-refractivity contribution in [3.8, 4) is 11.5 Å². The van der Waals surface area contributed by atoms with E-state index in [-0.39, 0.29) is 12.4 Å². The fraction of sp³-hybridized carbons (Fsp3) is 0.278. The minimum atomic E-state index is 0. The molecule has 23 heavy (non-hydrogen) atoms. The summed E-state index contributed by atoms with van der Waals surface area (Å²) in [6.45, 7) is 8.24. The van der Waals surface area contributed by atoms with Crippen molar-refractivity contribution >= 4 is 12.4 Å². The first-order chi connectivity index (χ1) is 10.8. The molecule has 1 aromatic carbocycles. The van der Waals surface area contributed by atoms with Crippen LogP contribution in [-0.4, -0.2) is 18.2 Å². The van der Waals surface area contributed by atoms with Gasteiger partial charge in [-0.2, -0.15) is 0 Å². The summed E-state index contributed by atoms with van der Waals surface area (Å²) in [7, 11) is 0. The van der Waals surface area contributed by atoms with E-state index >= 15 is 0 Å². The second-order valence-corrected chi connectivity index (χ2v) is 4.78. The van der Waals surface area contributed by atoms with Gasteiger partial charge in [-0.05, 0) is 36.2 Å². The van der Waals surface area contributed by atoms with Crippen LogP contribution in [0.4, 0.5) is 0 Å². The molecule has 0 spiro atoms. The molecule has 0 aliphatic heterocycles. The number of nitrogens with one attached hydrogen (secondary N) is 1. The summed E-state index contributed by atoms with van der Waals surface area (Å²) in [6.07, 6.45) is 5.36. The van der Waals surface area contributed by atoms with E-state index in [4.69, 9.17) is 9.47 Å². The lowest BCUT2D eigenvalue weighted by atomic mass is 10.2. The fourth-order valence-electron chi connectivity index (χ4n) is 2.05. The molecule has 0 saturated heterocycles. The Bertz CT molecular complexity index is 591. The van der Waals surface area contributed by atoms with E-state index in [1.165, 1.54) is 5.56 Å². The Morgan fingerprint density at radius 3 is 2.65 bits per heavy atom. The predicted octanol–water partition coefficient (Wildman–Crippen LogP) is 3.76. The van der Waals surface area contributed by atoms with Crippen LogP contribution >= 0.6 is 12.4 Å². The number of halogens is 1. The normalized spacial score (nSPS) is 9.78. The lowest BCUT2D eigenvalue weighted by Gasteiger charge is -2.13. The van der Waals surface area contributed by atoms with Gasteiger partial charge in [0.2, 0.25) is 0 Å². The van der Waals surface area contributed by atoms with E-state index in [1.54, 1.807) is 12.3 Å². The van der Waals surface area contributed by atoms with E-state index in [9.17, 15) is 0 Å². The molecule has 0 saturated carbocycles. The maximum Gasteiger partial charge on any atom is 0.161 e. The summed E-state index contributed by atoms with van der Waals surface area (Å²) in [5.74, 6) is 1.52. The molecule has 0 bridgehead atoms. The average Bonchev–Trinajstić information content (AvgIpc) is 2.55. The molecule has 0 aliphatic rings. The van der Waals surface area contributed by atoms with E-state index in [0.717, 1.165) is 30.2 Å². The number of rotatable bonds is 9. The maximum atomic E-state index is 5.64. The monoisotopic (exact) mass is 334 g/mol.